The van der Waals surface area contributed by atoms with Gasteiger partial charge in [-0.25, -0.2) is 9.97 Å². The van der Waals surface area contributed by atoms with E-state index >= 15 is 0 Å². The second kappa shape index (κ2) is 4.87. The van der Waals surface area contributed by atoms with E-state index in [1.165, 1.54) is 12.8 Å². The van der Waals surface area contributed by atoms with Gasteiger partial charge in [-0.05, 0) is 26.7 Å². The summed E-state index contributed by atoms with van der Waals surface area (Å²) in [5.74, 6) is 2.65. The molecule has 0 amide bonds. The van der Waals surface area contributed by atoms with Gasteiger partial charge in [0.25, 0.3) is 0 Å². The molecule has 1 aliphatic rings. The minimum Gasteiger partial charge on any atom is -0.367 e. The van der Waals surface area contributed by atoms with Gasteiger partial charge in [0.15, 0.2) is 0 Å². The van der Waals surface area contributed by atoms with Crippen LogP contribution in [0.3, 0.4) is 0 Å². The highest BCUT2D eigenvalue weighted by Crippen LogP contribution is 2.25. The Morgan fingerprint density at radius 1 is 1.53 bits per heavy atom. The molecule has 1 aliphatic carbocycles. The van der Waals surface area contributed by atoms with Crippen molar-refractivity contribution in [2.75, 3.05) is 23.8 Å². The molecule has 0 saturated heterocycles. The normalized spacial score (nSPS) is 16.7. The average Bonchev–Trinajstić information content (AvgIpc) is 2.99. The average molecular weight is 235 g/mol. The third-order valence-corrected chi connectivity index (χ3v) is 2.71. The van der Waals surface area contributed by atoms with Gasteiger partial charge in [0.2, 0.25) is 0 Å². The van der Waals surface area contributed by atoms with E-state index in [9.17, 15) is 0 Å². The van der Waals surface area contributed by atoms with E-state index in [0.29, 0.717) is 6.04 Å². The molecule has 0 aromatic carbocycles. The molecule has 1 unspecified atom stereocenters. The van der Waals surface area contributed by atoms with Crippen molar-refractivity contribution < 1.29 is 0 Å². The zero-order valence-electron chi connectivity index (χ0n) is 10.8. The summed E-state index contributed by atoms with van der Waals surface area (Å²) in [5.41, 5.74) is 5.80. The van der Waals surface area contributed by atoms with Crippen LogP contribution in [0, 0.1) is 6.92 Å². The fourth-order valence-corrected chi connectivity index (χ4v) is 1.78. The molecule has 94 valence electrons. The Morgan fingerprint density at radius 3 is 2.82 bits per heavy atom. The molecule has 0 bridgehead atoms. The maximum atomic E-state index is 5.80. The highest BCUT2D eigenvalue weighted by atomic mass is 15.2. The van der Waals surface area contributed by atoms with Crippen LogP contribution in [0.25, 0.3) is 0 Å². The van der Waals surface area contributed by atoms with Crippen LogP contribution in [0.1, 0.15) is 25.6 Å². The van der Waals surface area contributed by atoms with Crippen LogP contribution in [0.15, 0.2) is 6.07 Å². The van der Waals surface area contributed by atoms with Gasteiger partial charge in [0.1, 0.15) is 17.5 Å². The van der Waals surface area contributed by atoms with Crippen LogP contribution in [-0.4, -0.2) is 35.6 Å². The van der Waals surface area contributed by atoms with E-state index in [0.717, 1.165) is 24.0 Å². The highest BCUT2D eigenvalue weighted by Gasteiger charge is 2.21. The molecule has 3 N–H and O–H groups in total. The number of nitrogens with two attached hydrogens (primary N) is 1. The molecule has 1 atom stereocenters. The predicted molar refractivity (Wildman–Crippen MR) is 70.3 cm³/mol. The lowest BCUT2D eigenvalue weighted by Gasteiger charge is -2.21. The Balaban J connectivity index is 2.11. The number of nitrogens with one attached hydrogen (secondary N) is 1. The van der Waals surface area contributed by atoms with Crippen LogP contribution in [0.5, 0.6) is 0 Å². The largest absolute Gasteiger partial charge is 0.367 e. The van der Waals surface area contributed by atoms with Crippen LogP contribution in [0.4, 0.5) is 11.6 Å². The van der Waals surface area contributed by atoms with Gasteiger partial charge >= 0.3 is 0 Å². The van der Waals surface area contributed by atoms with Crippen molar-refractivity contribution in [3.05, 3.63) is 11.9 Å². The molecule has 1 aromatic rings. The van der Waals surface area contributed by atoms with Crippen LogP contribution < -0.4 is 16.0 Å². The van der Waals surface area contributed by atoms with E-state index in [-0.39, 0.29) is 6.04 Å². The molecule has 2 rings (SSSR count). The second-order valence-corrected chi connectivity index (χ2v) is 4.94. The van der Waals surface area contributed by atoms with Crippen LogP contribution >= 0.6 is 0 Å². The number of nitrogens with zero attached hydrogens (tertiary/aromatic N) is 3. The third kappa shape index (κ3) is 3.56. The quantitative estimate of drug-likeness (QED) is 0.801. The molecule has 0 aliphatic heterocycles. The molecule has 1 saturated carbocycles. The first-order valence-corrected chi connectivity index (χ1v) is 6.13. The number of likely N-dealkylation sites (N-methyl/N-ethyl adjacent to an activating group) is 1. The summed E-state index contributed by atoms with van der Waals surface area (Å²) in [6.45, 7) is 4.70. The third-order valence-electron chi connectivity index (χ3n) is 2.71. The number of aryl methyl sites for hydroxylation is 1. The summed E-state index contributed by atoms with van der Waals surface area (Å²) in [7, 11) is 2.01. The SMILES string of the molecule is Cc1nc(NC2CC2)cc(N(C)CC(C)N)n1. The monoisotopic (exact) mass is 235 g/mol. The van der Waals surface area contributed by atoms with Crippen LogP contribution in [0.2, 0.25) is 0 Å². The molecular weight excluding hydrogens is 214 g/mol. The first-order chi connectivity index (χ1) is 8.04. The Kier molecular flexibility index (Phi) is 3.47. The first kappa shape index (κ1) is 12.1. The van der Waals surface area contributed by atoms with E-state index < -0.39 is 0 Å². The Morgan fingerprint density at radius 2 is 2.24 bits per heavy atom. The van der Waals surface area contributed by atoms with Gasteiger partial charge in [0.05, 0.1) is 0 Å². The lowest BCUT2D eigenvalue weighted by molar-refractivity contribution is 0.710. The molecule has 17 heavy (non-hydrogen) atoms. The van der Waals surface area contributed by atoms with Crippen molar-refractivity contribution in [2.24, 2.45) is 5.73 Å². The van der Waals surface area contributed by atoms with Crippen molar-refractivity contribution in [3.63, 3.8) is 0 Å². The lowest BCUT2D eigenvalue weighted by Crippen LogP contribution is -2.33. The van der Waals surface area contributed by atoms with Gasteiger partial charge in [0, 0.05) is 31.7 Å². The van der Waals surface area contributed by atoms with Crippen molar-refractivity contribution in [3.8, 4) is 0 Å². The van der Waals surface area contributed by atoms with Crippen molar-refractivity contribution in [1.82, 2.24) is 9.97 Å². The Labute approximate surface area is 102 Å². The number of aromatic nitrogens is 2. The minimum atomic E-state index is 0.134. The smallest absolute Gasteiger partial charge is 0.134 e. The summed E-state index contributed by atoms with van der Waals surface area (Å²) >= 11 is 0. The molecule has 0 radical (unpaired) electrons. The Bertz CT molecular complexity index is 386. The fourth-order valence-electron chi connectivity index (χ4n) is 1.78. The molecule has 0 spiro atoms. The fraction of sp³-hybridized carbons (Fsp3) is 0.667. The van der Waals surface area contributed by atoms with Crippen LogP contribution in [-0.2, 0) is 0 Å². The lowest BCUT2D eigenvalue weighted by atomic mass is 10.3. The van der Waals surface area contributed by atoms with Crippen molar-refractivity contribution >= 4 is 11.6 Å². The minimum absolute atomic E-state index is 0.134. The zero-order valence-corrected chi connectivity index (χ0v) is 10.8. The van der Waals surface area contributed by atoms with Gasteiger partial charge in [-0.3, -0.25) is 0 Å². The van der Waals surface area contributed by atoms with Gasteiger partial charge in [-0.2, -0.15) is 0 Å². The zero-order chi connectivity index (χ0) is 12.4. The summed E-state index contributed by atoms with van der Waals surface area (Å²) in [6.07, 6.45) is 2.49. The highest BCUT2D eigenvalue weighted by molar-refractivity contribution is 5.50. The molecular formula is C12H21N5. The Hall–Kier alpha value is -1.36. The molecule has 5 nitrogen and oxygen atoms in total. The summed E-state index contributed by atoms with van der Waals surface area (Å²) in [4.78, 5) is 10.9. The number of anilines is 2. The summed E-state index contributed by atoms with van der Waals surface area (Å²) in [6, 6.07) is 2.74. The topological polar surface area (TPSA) is 67.1 Å². The molecule has 5 heteroatoms. The maximum Gasteiger partial charge on any atom is 0.134 e. The van der Waals surface area contributed by atoms with E-state index in [1.54, 1.807) is 0 Å². The van der Waals surface area contributed by atoms with E-state index in [2.05, 4.69) is 20.2 Å². The molecule has 1 aromatic heterocycles. The number of hydrogen-bond acceptors (Lipinski definition) is 5. The second-order valence-electron chi connectivity index (χ2n) is 4.94. The number of hydrogen-bond donors (Lipinski definition) is 2. The van der Waals surface area contributed by atoms with Crippen molar-refractivity contribution in [1.29, 1.82) is 0 Å². The summed E-state index contributed by atoms with van der Waals surface area (Å²) < 4.78 is 0. The maximum absolute atomic E-state index is 5.80. The molecule has 1 fully saturated rings. The molecule has 1 heterocycles. The van der Waals surface area contributed by atoms with E-state index in [1.807, 2.05) is 27.0 Å². The number of rotatable bonds is 5. The first-order valence-electron chi connectivity index (χ1n) is 6.13. The summed E-state index contributed by atoms with van der Waals surface area (Å²) in [5, 5.41) is 3.40. The standard InChI is InChI=1S/C12H21N5/c1-8(13)7-17(3)12-6-11(14-9(2)15-12)16-10-4-5-10/h6,8,10H,4-5,7,13H2,1-3H3,(H,14,15,16). The van der Waals surface area contributed by atoms with Gasteiger partial charge in [-0.1, -0.05) is 0 Å². The van der Waals surface area contributed by atoms with Gasteiger partial charge in [-0.15, -0.1) is 0 Å². The van der Waals surface area contributed by atoms with Gasteiger partial charge < -0.3 is 16.0 Å². The van der Waals surface area contributed by atoms with Crippen molar-refractivity contribution in [2.45, 2.75) is 38.8 Å². The van der Waals surface area contributed by atoms with E-state index in [4.69, 9.17) is 5.73 Å². The predicted octanol–water partition coefficient (Wildman–Crippen LogP) is 1.14.